The molecule has 0 atom stereocenters. The lowest BCUT2D eigenvalue weighted by molar-refractivity contribution is 0.594. The Balaban J connectivity index is 1.31. The molecule has 0 radical (unpaired) electrons. The molecule has 0 spiro atoms. The Morgan fingerprint density at radius 3 is 2.02 bits per heavy atom. The molecule has 5 aromatic carbocycles. The van der Waals surface area contributed by atoms with E-state index in [1.165, 1.54) is 0 Å². The van der Waals surface area contributed by atoms with Gasteiger partial charge in [-0.05, 0) is 42.7 Å². The summed E-state index contributed by atoms with van der Waals surface area (Å²) in [6.07, 6.45) is 3.52. The molecule has 0 unspecified atom stereocenters. The number of amidine groups is 1. The second-order valence-electron chi connectivity index (χ2n) is 10.8. The van der Waals surface area contributed by atoms with E-state index in [1.807, 2.05) is 102 Å². The van der Waals surface area contributed by atoms with Gasteiger partial charge >= 0.3 is 0 Å². The molecule has 7 heteroatoms. The van der Waals surface area contributed by atoms with Crippen molar-refractivity contribution in [3.63, 3.8) is 0 Å². The summed E-state index contributed by atoms with van der Waals surface area (Å²) in [5.41, 5.74) is 7.06. The minimum Gasteiger partial charge on any atom is -0.290 e. The number of hydrogen-bond acceptors (Lipinski definition) is 5. The maximum atomic E-state index is 14.2. The molecule has 0 N–H and O–H groups in total. The van der Waals surface area contributed by atoms with E-state index < -0.39 is 9.84 Å². The molecule has 2 aliphatic heterocycles. The lowest BCUT2D eigenvalue weighted by Gasteiger charge is -2.22. The number of aromatic nitrogens is 2. The van der Waals surface area contributed by atoms with Crippen LogP contribution in [0.15, 0.2) is 153 Å². The molecule has 6 nitrogen and oxygen atoms in total. The van der Waals surface area contributed by atoms with Gasteiger partial charge in [0.25, 0.3) is 0 Å². The fourth-order valence-electron chi connectivity index (χ4n) is 5.97. The van der Waals surface area contributed by atoms with Crippen LogP contribution in [0.5, 0.6) is 0 Å². The largest absolute Gasteiger partial charge is 0.290 e. The van der Waals surface area contributed by atoms with Gasteiger partial charge in [-0.2, -0.15) is 0 Å². The average Bonchev–Trinajstić information content (AvgIpc) is 3.45. The van der Waals surface area contributed by atoms with Gasteiger partial charge in [-0.3, -0.25) is 4.57 Å². The molecule has 8 rings (SSSR count). The van der Waals surface area contributed by atoms with Gasteiger partial charge < -0.3 is 0 Å². The first kappa shape index (κ1) is 26.2. The number of benzene rings is 5. The normalized spacial score (nSPS) is 19.0. The fraction of sp³-hybridized carbons (Fsp3) is 0.0541. The van der Waals surface area contributed by atoms with Crippen molar-refractivity contribution in [3.8, 4) is 17.1 Å². The molecule has 0 fully saturated rings. The number of fused-ring (bicyclic) bond motifs is 2. The monoisotopic (exact) mass is 590 g/mol. The van der Waals surface area contributed by atoms with Gasteiger partial charge in [-0.25, -0.2) is 23.4 Å². The summed E-state index contributed by atoms with van der Waals surface area (Å²) in [6, 6.07) is 40.8. The number of aliphatic imine (C=N–C) groups is 2. The van der Waals surface area contributed by atoms with Crippen molar-refractivity contribution < 1.29 is 8.42 Å². The Hall–Kier alpha value is -5.40. The molecule has 0 aliphatic carbocycles. The number of hydrogen-bond donors (Lipinski definition) is 0. The van der Waals surface area contributed by atoms with Gasteiger partial charge in [0.2, 0.25) is 9.84 Å². The summed E-state index contributed by atoms with van der Waals surface area (Å²) in [5.74, 6) is 1.29. The van der Waals surface area contributed by atoms with E-state index in [9.17, 15) is 8.42 Å². The van der Waals surface area contributed by atoms with Crippen LogP contribution in [0.2, 0.25) is 0 Å². The van der Waals surface area contributed by atoms with Crippen LogP contribution in [0.4, 0.5) is 0 Å². The van der Waals surface area contributed by atoms with E-state index in [1.54, 1.807) is 18.2 Å². The number of sulfone groups is 1. The molecule has 2 aliphatic rings. The quantitative estimate of drug-likeness (QED) is 0.209. The Morgan fingerprint density at radius 1 is 0.614 bits per heavy atom. The molecule has 0 amide bonds. The Bertz CT molecular complexity index is 2270. The van der Waals surface area contributed by atoms with Crippen molar-refractivity contribution in [2.75, 3.05) is 0 Å². The number of para-hydroxylation sites is 1. The molecular formula is C37H26N4O2S. The SMILES string of the molecule is O=S1(=O)c2cc(C3=C\CC/C(c4ccccc4)=N/C(c4ccccc4)=N\3)ccc2-n2c(-c3ccccc3)nc3cccc1c32. The van der Waals surface area contributed by atoms with Crippen LogP contribution in [0.3, 0.4) is 0 Å². The molecule has 0 saturated carbocycles. The van der Waals surface area contributed by atoms with E-state index in [0.717, 1.165) is 34.4 Å². The first-order valence-electron chi connectivity index (χ1n) is 14.5. The van der Waals surface area contributed by atoms with Crippen LogP contribution in [0.1, 0.15) is 29.5 Å². The minimum atomic E-state index is -3.83. The zero-order valence-electron chi connectivity index (χ0n) is 23.6. The summed E-state index contributed by atoms with van der Waals surface area (Å²) in [6.45, 7) is 0. The maximum absolute atomic E-state index is 14.2. The zero-order chi connectivity index (χ0) is 29.7. The summed E-state index contributed by atoms with van der Waals surface area (Å²) < 4.78 is 30.3. The standard InChI is InChI=1S/C37H26N4O2S/c42-44(43)33-21-11-20-31-35(33)41(37(40-31)27-16-8-3-9-17-27)32-23-22-28(24-34(32)44)30-19-10-18-29(25-12-4-1-5-13-25)38-36(39-30)26-14-6-2-7-15-26/h1-9,11-17,19-24H,10,18H2/b30-19+,38-29-,39-36-. The molecule has 0 bridgehead atoms. The summed E-state index contributed by atoms with van der Waals surface area (Å²) >= 11 is 0. The highest BCUT2D eigenvalue weighted by Gasteiger charge is 2.34. The second kappa shape index (κ2) is 10.4. The Kier molecular flexibility index (Phi) is 6.20. The molecular weight excluding hydrogens is 565 g/mol. The third kappa shape index (κ3) is 4.32. The number of allylic oxidation sites excluding steroid dienone is 1. The minimum absolute atomic E-state index is 0.234. The fourth-order valence-corrected chi connectivity index (χ4v) is 7.63. The van der Waals surface area contributed by atoms with Crippen LogP contribution >= 0.6 is 0 Å². The van der Waals surface area contributed by atoms with Crippen molar-refractivity contribution in [3.05, 3.63) is 150 Å². The van der Waals surface area contributed by atoms with Crippen LogP contribution in [-0.4, -0.2) is 29.5 Å². The number of imidazole rings is 1. The summed E-state index contributed by atoms with van der Waals surface area (Å²) in [5, 5.41) is 0. The van der Waals surface area contributed by atoms with Crippen LogP contribution in [0, 0.1) is 0 Å². The zero-order valence-corrected chi connectivity index (χ0v) is 24.4. The predicted octanol–water partition coefficient (Wildman–Crippen LogP) is 7.91. The van der Waals surface area contributed by atoms with E-state index in [-0.39, 0.29) is 9.79 Å². The van der Waals surface area contributed by atoms with Gasteiger partial charge in [0, 0.05) is 16.7 Å². The molecule has 6 aromatic rings. The van der Waals surface area contributed by atoms with Gasteiger partial charge in [0.15, 0.2) is 5.84 Å². The smallest absolute Gasteiger partial charge is 0.210 e. The molecule has 212 valence electrons. The lowest BCUT2D eigenvalue weighted by atomic mass is 10.0. The van der Waals surface area contributed by atoms with Crippen LogP contribution in [0.25, 0.3) is 33.8 Å². The van der Waals surface area contributed by atoms with Gasteiger partial charge in [0.05, 0.1) is 37.9 Å². The van der Waals surface area contributed by atoms with E-state index in [4.69, 9.17) is 15.0 Å². The van der Waals surface area contributed by atoms with Gasteiger partial charge in [-0.15, -0.1) is 0 Å². The summed E-state index contributed by atoms with van der Waals surface area (Å²) in [4.78, 5) is 15.5. The van der Waals surface area contributed by atoms with Crippen molar-refractivity contribution in [1.82, 2.24) is 9.55 Å². The first-order chi connectivity index (χ1) is 21.6. The van der Waals surface area contributed by atoms with Crippen LogP contribution < -0.4 is 0 Å². The van der Waals surface area contributed by atoms with E-state index in [2.05, 4.69) is 18.2 Å². The van der Waals surface area contributed by atoms with Crippen molar-refractivity contribution in [2.24, 2.45) is 9.98 Å². The average molecular weight is 591 g/mol. The molecule has 3 heterocycles. The first-order valence-corrected chi connectivity index (χ1v) is 16.0. The van der Waals surface area contributed by atoms with Crippen molar-refractivity contribution >= 4 is 38.1 Å². The highest BCUT2D eigenvalue weighted by Crippen LogP contribution is 2.42. The number of nitrogens with zero attached hydrogens (tertiary/aromatic N) is 4. The molecule has 0 saturated heterocycles. The highest BCUT2D eigenvalue weighted by atomic mass is 32.2. The predicted molar refractivity (Wildman–Crippen MR) is 175 cm³/mol. The van der Waals surface area contributed by atoms with Crippen molar-refractivity contribution in [1.29, 1.82) is 0 Å². The van der Waals surface area contributed by atoms with Gasteiger partial charge in [0.1, 0.15) is 5.82 Å². The van der Waals surface area contributed by atoms with E-state index in [0.29, 0.717) is 40.5 Å². The molecule has 44 heavy (non-hydrogen) atoms. The topological polar surface area (TPSA) is 76.7 Å². The molecule has 1 aromatic heterocycles. The van der Waals surface area contributed by atoms with Gasteiger partial charge in [-0.1, -0.05) is 109 Å². The summed E-state index contributed by atoms with van der Waals surface area (Å²) in [7, 11) is -3.83. The van der Waals surface area contributed by atoms with E-state index >= 15 is 0 Å². The maximum Gasteiger partial charge on any atom is 0.210 e. The Morgan fingerprint density at radius 2 is 1.30 bits per heavy atom. The second-order valence-corrected chi connectivity index (χ2v) is 12.7. The Labute approximate surface area is 255 Å². The lowest BCUT2D eigenvalue weighted by Crippen LogP contribution is -2.15. The third-order valence-electron chi connectivity index (χ3n) is 8.07. The highest BCUT2D eigenvalue weighted by molar-refractivity contribution is 7.92. The van der Waals surface area contributed by atoms with Crippen LogP contribution in [-0.2, 0) is 9.84 Å². The van der Waals surface area contributed by atoms with Crippen molar-refractivity contribution in [2.45, 2.75) is 22.6 Å². The third-order valence-corrected chi connectivity index (χ3v) is 9.89. The number of rotatable bonds is 4.